The van der Waals surface area contributed by atoms with Crippen molar-refractivity contribution in [2.75, 3.05) is 26.1 Å². The average molecular weight is 254 g/mol. The first-order valence-corrected chi connectivity index (χ1v) is 5.50. The van der Waals surface area contributed by atoms with Crippen LogP contribution in [0.5, 0.6) is 11.5 Å². The molecule has 0 saturated heterocycles. The zero-order valence-corrected chi connectivity index (χ0v) is 10.5. The molecule has 6 nitrogen and oxygen atoms in total. The lowest BCUT2D eigenvalue weighted by Crippen LogP contribution is -2.31. The van der Waals surface area contributed by atoms with Crippen LogP contribution in [0.3, 0.4) is 0 Å². The summed E-state index contributed by atoms with van der Waals surface area (Å²) in [5.74, 6) is 0.422. The van der Waals surface area contributed by atoms with Gasteiger partial charge in [0, 0.05) is 18.7 Å². The van der Waals surface area contributed by atoms with Gasteiger partial charge in [0.05, 0.1) is 26.3 Å². The molecule has 1 rings (SSSR count). The van der Waals surface area contributed by atoms with Crippen molar-refractivity contribution in [2.45, 2.75) is 12.5 Å². The van der Waals surface area contributed by atoms with Crippen molar-refractivity contribution >= 4 is 11.7 Å². The molecule has 0 radical (unpaired) electrons. The van der Waals surface area contributed by atoms with Crippen molar-refractivity contribution < 1.29 is 19.4 Å². The number of hydrogen-bond acceptors (Lipinski definition) is 5. The maximum absolute atomic E-state index is 10.5. The second kappa shape index (κ2) is 6.70. The Kier molecular flexibility index (Phi) is 5.26. The van der Waals surface area contributed by atoms with Crippen LogP contribution < -0.4 is 20.5 Å². The maximum Gasteiger partial charge on any atom is 0.304 e. The van der Waals surface area contributed by atoms with Crippen LogP contribution in [-0.2, 0) is 4.79 Å². The van der Waals surface area contributed by atoms with Gasteiger partial charge in [0.25, 0.3) is 0 Å². The van der Waals surface area contributed by atoms with Crippen molar-refractivity contribution in [1.29, 1.82) is 0 Å². The van der Waals surface area contributed by atoms with Crippen LogP contribution in [0.25, 0.3) is 0 Å². The highest BCUT2D eigenvalue weighted by molar-refractivity contribution is 5.67. The van der Waals surface area contributed by atoms with Gasteiger partial charge in [-0.2, -0.15) is 0 Å². The third-order valence-electron chi connectivity index (χ3n) is 2.40. The highest BCUT2D eigenvalue weighted by atomic mass is 16.5. The molecular formula is C12H18N2O4. The molecule has 1 atom stereocenters. The van der Waals surface area contributed by atoms with E-state index in [1.54, 1.807) is 32.4 Å². The number of hydrogen-bond donors (Lipinski definition) is 3. The molecule has 100 valence electrons. The summed E-state index contributed by atoms with van der Waals surface area (Å²) in [6.07, 6.45) is -0.0840. The first-order valence-electron chi connectivity index (χ1n) is 5.50. The molecule has 0 saturated carbocycles. The van der Waals surface area contributed by atoms with E-state index in [1.807, 2.05) is 0 Å². The molecule has 0 aliphatic heterocycles. The quantitative estimate of drug-likeness (QED) is 0.670. The fourth-order valence-corrected chi connectivity index (χ4v) is 1.49. The molecular weight excluding hydrogens is 236 g/mol. The minimum absolute atomic E-state index is 0.0840. The number of anilines is 1. The molecule has 0 amide bonds. The summed E-state index contributed by atoms with van der Waals surface area (Å²) in [5, 5.41) is 11.7. The zero-order valence-electron chi connectivity index (χ0n) is 10.5. The summed E-state index contributed by atoms with van der Waals surface area (Å²) >= 11 is 0. The monoisotopic (exact) mass is 254 g/mol. The molecule has 0 spiro atoms. The predicted molar refractivity (Wildman–Crippen MR) is 68.3 cm³/mol. The molecule has 6 heteroatoms. The fourth-order valence-electron chi connectivity index (χ4n) is 1.49. The van der Waals surface area contributed by atoms with E-state index >= 15 is 0 Å². The number of rotatable bonds is 7. The molecule has 0 heterocycles. The van der Waals surface area contributed by atoms with Gasteiger partial charge in [-0.25, -0.2) is 0 Å². The molecule has 0 aromatic heterocycles. The van der Waals surface area contributed by atoms with Gasteiger partial charge in [-0.3, -0.25) is 4.79 Å². The standard InChI is InChI=1S/C12H18N2O4/c1-17-9-3-4-11(18-2)10(6-9)14-7-8(13)5-12(15)16/h3-4,6,8,14H,5,7,13H2,1-2H3,(H,15,16). The van der Waals surface area contributed by atoms with Gasteiger partial charge in [-0.05, 0) is 12.1 Å². The normalized spacial score (nSPS) is 11.7. The number of aliphatic carboxylic acids is 1. The molecule has 0 aliphatic rings. The Balaban J connectivity index is 2.67. The Morgan fingerprint density at radius 3 is 2.72 bits per heavy atom. The second-order valence-electron chi connectivity index (χ2n) is 3.81. The van der Waals surface area contributed by atoms with Crippen molar-refractivity contribution in [3.63, 3.8) is 0 Å². The number of benzene rings is 1. The third kappa shape index (κ3) is 4.14. The highest BCUT2D eigenvalue weighted by Gasteiger charge is 2.10. The first kappa shape index (κ1) is 14.1. The highest BCUT2D eigenvalue weighted by Crippen LogP contribution is 2.28. The van der Waals surface area contributed by atoms with Crippen LogP contribution >= 0.6 is 0 Å². The van der Waals surface area contributed by atoms with Crippen molar-refractivity contribution in [3.8, 4) is 11.5 Å². The van der Waals surface area contributed by atoms with Crippen molar-refractivity contribution in [1.82, 2.24) is 0 Å². The van der Waals surface area contributed by atoms with Crippen molar-refractivity contribution in [3.05, 3.63) is 18.2 Å². The predicted octanol–water partition coefficient (Wildman–Crippen LogP) is 0.918. The van der Waals surface area contributed by atoms with Crippen LogP contribution in [-0.4, -0.2) is 37.9 Å². The van der Waals surface area contributed by atoms with Gasteiger partial charge in [-0.1, -0.05) is 0 Å². The number of carbonyl (C=O) groups is 1. The lowest BCUT2D eigenvalue weighted by Gasteiger charge is -2.15. The maximum atomic E-state index is 10.5. The van der Waals surface area contributed by atoms with E-state index in [0.29, 0.717) is 18.0 Å². The Morgan fingerprint density at radius 1 is 1.44 bits per heavy atom. The van der Waals surface area contributed by atoms with Gasteiger partial charge in [0.2, 0.25) is 0 Å². The lowest BCUT2D eigenvalue weighted by molar-refractivity contribution is -0.137. The molecule has 0 aliphatic carbocycles. The van der Waals surface area contributed by atoms with Gasteiger partial charge in [0.15, 0.2) is 0 Å². The number of carboxylic acid groups (broad SMARTS) is 1. The summed E-state index contributed by atoms with van der Waals surface area (Å²) < 4.78 is 10.3. The minimum Gasteiger partial charge on any atom is -0.497 e. The van der Waals surface area contributed by atoms with Gasteiger partial charge < -0.3 is 25.6 Å². The fraction of sp³-hybridized carbons (Fsp3) is 0.417. The van der Waals surface area contributed by atoms with Crippen LogP contribution in [0.2, 0.25) is 0 Å². The number of carboxylic acids is 1. The van der Waals surface area contributed by atoms with Crippen LogP contribution in [0.4, 0.5) is 5.69 Å². The molecule has 4 N–H and O–H groups in total. The van der Waals surface area contributed by atoms with Crippen LogP contribution in [0.15, 0.2) is 18.2 Å². The van der Waals surface area contributed by atoms with Crippen LogP contribution in [0, 0.1) is 0 Å². The Bertz CT molecular complexity index is 409. The molecule has 1 aromatic rings. The van der Waals surface area contributed by atoms with E-state index in [-0.39, 0.29) is 6.42 Å². The van der Waals surface area contributed by atoms with E-state index in [9.17, 15) is 4.79 Å². The summed E-state index contributed by atoms with van der Waals surface area (Å²) in [4.78, 5) is 10.5. The molecule has 18 heavy (non-hydrogen) atoms. The van der Waals surface area contributed by atoms with Gasteiger partial charge in [-0.15, -0.1) is 0 Å². The van der Waals surface area contributed by atoms with Gasteiger partial charge in [0.1, 0.15) is 11.5 Å². The second-order valence-corrected chi connectivity index (χ2v) is 3.81. The molecule has 1 aromatic carbocycles. The Labute approximate surface area is 106 Å². The molecule has 0 bridgehead atoms. The summed E-state index contributed by atoms with van der Waals surface area (Å²) in [5.41, 5.74) is 6.39. The Morgan fingerprint density at radius 2 is 2.17 bits per heavy atom. The summed E-state index contributed by atoms with van der Waals surface area (Å²) in [6, 6.07) is 4.86. The number of ether oxygens (including phenoxy) is 2. The smallest absolute Gasteiger partial charge is 0.304 e. The largest absolute Gasteiger partial charge is 0.497 e. The summed E-state index contributed by atoms with van der Waals surface area (Å²) in [7, 11) is 3.13. The number of nitrogens with one attached hydrogen (secondary N) is 1. The lowest BCUT2D eigenvalue weighted by atomic mass is 10.2. The number of nitrogens with two attached hydrogens (primary N) is 1. The van der Waals surface area contributed by atoms with E-state index in [2.05, 4.69) is 5.32 Å². The summed E-state index contributed by atoms with van der Waals surface area (Å²) in [6.45, 7) is 0.343. The van der Waals surface area contributed by atoms with Crippen molar-refractivity contribution in [2.24, 2.45) is 5.73 Å². The van der Waals surface area contributed by atoms with E-state index in [4.69, 9.17) is 20.3 Å². The molecule has 0 fully saturated rings. The third-order valence-corrected chi connectivity index (χ3v) is 2.40. The van der Waals surface area contributed by atoms with E-state index < -0.39 is 12.0 Å². The first-order chi connectivity index (χ1) is 8.56. The Hall–Kier alpha value is -1.95. The topological polar surface area (TPSA) is 93.8 Å². The zero-order chi connectivity index (χ0) is 13.5. The average Bonchev–Trinajstić information content (AvgIpc) is 2.35. The minimum atomic E-state index is -0.915. The van der Waals surface area contributed by atoms with E-state index in [0.717, 1.165) is 5.69 Å². The van der Waals surface area contributed by atoms with E-state index in [1.165, 1.54) is 0 Å². The number of methoxy groups -OCH3 is 2. The SMILES string of the molecule is COc1ccc(OC)c(NCC(N)CC(=O)O)c1. The molecule has 1 unspecified atom stereocenters. The van der Waals surface area contributed by atoms with Crippen LogP contribution in [0.1, 0.15) is 6.42 Å². The van der Waals surface area contributed by atoms with Gasteiger partial charge >= 0.3 is 5.97 Å².